The number of rotatable bonds is 3. The number of nitrogens with two attached hydrogens (primary N) is 1. The van der Waals surface area contributed by atoms with E-state index < -0.39 is 5.41 Å². The van der Waals surface area contributed by atoms with E-state index in [-0.39, 0.29) is 5.91 Å². The Morgan fingerprint density at radius 3 is 2.63 bits per heavy atom. The molecule has 1 saturated carbocycles. The van der Waals surface area contributed by atoms with Crippen LogP contribution >= 0.6 is 15.9 Å². The second-order valence-corrected chi connectivity index (χ2v) is 6.06. The van der Waals surface area contributed by atoms with E-state index in [1.54, 1.807) is 18.5 Å². The molecule has 0 unspecified atom stereocenters. The zero-order chi connectivity index (χ0) is 13.7. The van der Waals surface area contributed by atoms with Gasteiger partial charge in [-0.25, -0.2) is 0 Å². The maximum absolute atomic E-state index is 12.6. The van der Waals surface area contributed by atoms with Crippen LogP contribution in [0.4, 0.5) is 5.69 Å². The summed E-state index contributed by atoms with van der Waals surface area (Å²) in [5.74, 6) is 0.0452. The Morgan fingerprint density at radius 2 is 2.05 bits per heavy atom. The summed E-state index contributed by atoms with van der Waals surface area (Å²) in [7, 11) is 0. The number of hydrogen-bond donors (Lipinski definition) is 2. The first-order valence-corrected chi connectivity index (χ1v) is 7.58. The quantitative estimate of drug-likeness (QED) is 0.839. The summed E-state index contributed by atoms with van der Waals surface area (Å²) in [6.45, 7) is 0.418. The summed E-state index contributed by atoms with van der Waals surface area (Å²) in [4.78, 5) is 16.6. The lowest BCUT2D eigenvalue weighted by Crippen LogP contribution is -2.42. The van der Waals surface area contributed by atoms with Crippen molar-refractivity contribution in [2.75, 3.05) is 11.9 Å². The molecule has 0 aromatic carbocycles. The molecule has 1 aliphatic rings. The molecular weight excluding hydrogens is 306 g/mol. The van der Waals surface area contributed by atoms with Gasteiger partial charge in [0.15, 0.2) is 0 Å². The van der Waals surface area contributed by atoms with Crippen molar-refractivity contribution in [3.05, 3.63) is 22.9 Å². The topological polar surface area (TPSA) is 68.0 Å². The van der Waals surface area contributed by atoms with Crippen molar-refractivity contribution in [2.45, 2.75) is 38.5 Å². The van der Waals surface area contributed by atoms with Gasteiger partial charge in [-0.05, 0) is 34.8 Å². The summed E-state index contributed by atoms with van der Waals surface area (Å²) in [6.07, 6.45) is 9.70. The highest BCUT2D eigenvalue weighted by Crippen LogP contribution is 2.35. The molecule has 1 fully saturated rings. The number of carbonyl (C=O) groups excluding carboxylic acids is 1. The fourth-order valence-corrected chi connectivity index (χ4v) is 3.01. The number of pyridine rings is 1. The van der Waals surface area contributed by atoms with Gasteiger partial charge in [-0.2, -0.15) is 0 Å². The van der Waals surface area contributed by atoms with Crippen LogP contribution < -0.4 is 11.1 Å². The van der Waals surface area contributed by atoms with Crippen molar-refractivity contribution >= 4 is 27.5 Å². The largest absolute Gasteiger partial charge is 0.329 e. The van der Waals surface area contributed by atoms with Crippen molar-refractivity contribution in [3.63, 3.8) is 0 Å². The molecule has 0 aliphatic heterocycles. The number of aromatic nitrogens is 1. The average molecular weight is 326 g/mol. The average Bonchev–Trinajstić information content (AvgIpc) is 2.67. The lowest BCUT2D eigenvalue weighted by molar-refractivity contribution is -0.125. The first kappa shape index (κ1) is 14.5. The Labute approximate surface area is 122 Å². The summed E-state index contributed by atoms with van der Waals surface area (Å²) in [6, 6.07) is 1.79. The van der Waals surface area contributed by atoms with E-state index in [9.17, 15) is 4.79 Å². The zero-order valence-corrected chi connectivity index (χ0v) is 12.6. The molecule has 2 rings (SSSR count). The summed E-state index contributed by atoms with van der Waals surface area (Å²) in [5.41, 5.74) is 6.27. The Morgan fingerprint density at radius 1 is 1.37 bits per heavy atom. The van der Waals surface area contributed by atoms with E-state index in [2.05, 4.69) is 26.2 Å². The minimum atomic E-state index is -0.404. The number of carbonyl (C=O) groups is 1. The van der Waals surface area contributed by atoms with Crippen LogP contribution in [0.5, 0.6) is 0 Å². The number of anilines is 1. The van der Waals surface area contributed by atoms with Crippen molar-refractivity contribution < 1.29 is 4.79 Å². The SMILES string of the molecule is NCC1(C(=O)Nc2ccncc2Br)CCCCCC1. The smallest absolute Gasteiger partial charge is 0.231 e. The Bertz CT molecular complexity index is 442. The Balaban J connectivity index is 2.14. The number of hydrogen-bond acceptors (Lipinski definition) is 3. The second kappa shape index (κ2) is 6.48. The third kappa shape index (κ3) is 3.34. The van der Waals surface area contributed by atoms with Crippen LogP contribution in [0.15, 0.2) is 22.9 Å². The van der Waals surface area contributed by atoms with E-state index in [4.69, 9.17) is 5.73 Å². The van der Waals surface area contributed by atoms with Gasteiger partial charge in [-0.15, -0.1) is 0 Å². The fourth-order valence-electron chi connectivity index (χ4n) is 2.66. The van der Waals surface area contributed by atoms with Crippen molar-refractivity contribution in [2.24, 2.45) is 11.1 Å². The van der Waals surface area contributed by atoms with Crippen LogP contribution in [0.2, 0.25) is 0 Å². The van der Waals surface area contributed by atoms with Crippen LogP contribution in [0.25, 0.3) is 0 Å². The standard InChI is InChI=1S/C14H20BrN3O/c15-11-9-17-8-5-12(11)18-13(19)14(10-16)6-3-1-2-4-7-14/h5,8-9H,1-4,6-7,10,16H2,(H,17,18,19). The molecular formula is C14H20BrN3O. The first-order chi connectivity index (χ1) is 9.18. The summed E-state index contributed by atoms with van der Waals surface area (Å²) in [5, 5.41) is 2.99. The van der Waals surface area contributed by atoms with Gasteiger partial charge in [0.1, 0.15) is 0 Å². The van der Waals surface area contributed by atoms with Crippen LogP contribution in [-0.2, 0) is 4.79 Å². The highest BCUT2D eigenvalue weighted by Gasteiger charge is 2.37. The lowest BCUT2D eigenvalue weighted by atomic mass is 9.79. The molecule has 1 aromatic heterocycles. The van der Waals surface area contributed by atoms with Gasteiger partial charge in [0.05, 0.1) is 15.6 Å². The van der Waals surface area contributed by atoms with Gasteiger partial charge in [-0.3, -0.25) is 9.78 Å². The molecule has 0 radical (unpaired) electrons. The number of nitrogens with zero attached hydrogens (tertiary/aromatic N) is 1. The van der Waals surface area contributed by atoms with Gasteiger partial charge in [0.25, 0.3) is 0 Å². The fraction of sp³-hybridized carbons (Fsp3) is 0.571. The molecule has 19 heavy (non-hydrogen) atoms. The lowest BCUT2D eigenvalue weighted by Gasteiger charge is -2.30. The molecule has 0 atom stereocenters. The molecule has 4 nitrogen and oxygen atoms in total. The molecule has 1 amide bonds. The predicted molar refractivity (Wildman–Crippen MR) is 79.8 cm³/mol. The highest BCUT2D eigenvalue weighted by atomic mass is 79.9. The van der Waals surface area contributed by atoms with Crippen LogP contribution in [0.1, 0.15) is 38.5 Å². The third-order valence-electron chi connectivity index (χ3n) is 3.95. The molecule has 1 aliphatic carbocycles. The van der Waals surface area contributed by atoms with Crippen molar-refractivity contribution in [1.82, 2.24) is 4.98 Å². The Hall–Kier alpha value is -0.940. The zero-order valence-electron chi connectivity index (χ0n) is 11.0. The van der Waals surface area contributed by atoms with E-state index in [0.29, 0.717) is 6.54 Å². The second-order valence-electron chi connectivity index (χ2n) is 5.21. The molecule has 1 heterocycles. The number of amides is 1. The molecule has 104 valence electrons. The molecule has 1 aromatic rings. The van der Waals surface area contributed by atoms with Gasteiger partial charge in [-0.1, -0.05) is 25.7 Å². The van der Waals surface area contributed by atoms with Crippen molar-refractivity contribution in [3.8, 4) is 0 Å². The summed E-state index contributed by atoms with van der Waals surface area (Å²) >= 11 is 3.40. The first-order valence-electron chi connectivity index (χ1n) is 6.79. The molecule has 0 saturated heterocycles. The van der Waals surface area contributed by atoms with E-state index >= 15 is 0 Å². The normalized spacial score (nSPS) is 18.6. The van der Waals surface area contributed by atoms with Crippen molar-refractivity contribution in [1.29, 1.82) is 0 Å². The summed E-state index contributed by atoms with van der Waals surface area (Å²) < 4.78 is 0.796. The predicted octanol–water partition coefficient (Wildman–Crippen LogP) is 3.08. The van der Waals surface area contributed by atoms with Gasteiger partial charge < -0.3 is 11.1 Å². The minimum Gasteiger partial charge on any atom is -0.329 e. The minimum absolute atomic E-state index is 0.0452. The van der Waals surface area contributed by atoms with Crippen LogP contribution in [-0.4, -0.2) is 17.4 Å². The van der Waals surface area contributed by atoms with Crippen LogP contribution in [0.3, 0.4) is 0 Å². The van der Waals surface area contributed by atoms with E-state index in [0.717, 1.165) is 35.8 Å². The third-order valence-corrected chi connectivity index (χ3v) is 4.59. The van der Waals surface area contributed by atoms with Gasteiger partial charge >= 0.3 is 0 Å². The molecule has 3 N–H and O–H groups in total. The van der Waals surface area contributed by atoms with Gasteiger partial charge in [0, 0.05) is 18.9 Å². The molecule has 0 spiro atoms. The highest BCUT2D eigenvalue weighted by molar-refractivity contribution is 9.10. The molecule has 5 heteroatoms. The van der Waals surface area contributed by atoms with E-state index in [1.165, 1.54) is 12.8 Å². The monoisotopic (exact) mass is 325 g/mol. The van der Waals surface area contributed by atoms with E-state index in [1.807, 2.05) is 0 Å². The maximum atomic E-state index is 12.6. The number of nitrogens with one attached hydrogen (secondary N) is 1. The molecule has 0 bridgehead atoms. The van der Waals surface area contributed by atoms with Crippen LogP contribution in [0, 0.1) is 5.41 Å². The van der Waals surface area contributed by atoms with Gasteiger partial charge in [0.2, 0.25) is 5.91 Å². The Kier molecular flexibility index (Phi) is 4.93. The number of halogens is 1. The maximum Gasteiger partial charge on any atom is 0.231 e.